The average Bonchev–Trinajstić information content (AvgIpc) is 3.02. The Morgan fingerprint density at radius 3 is 2.64 bits per heavy atom. The van der Waals surface area contributed by atoms with Gasteiger partial charge in [0.2, 0.25) is 0 Å². The number of carbonyl (C=O) groups is 1. The van der Waals surface area contributed by atoms with Gasteiger partial charge in [0.1, 0.15) is 11.5 Å². The number of rotatable bonds is 5. The smallest absolute Gasteiger partial charge is 0.257 e. The summed E-state index contributed by atoms with van der Waals surface area (Å²) in [5, 5.41) is 10.4. The molecule has 25 heavy (non-hydrogen) atoms. The third kappa shape index (κ3) is 3.74. The number of carbonyl (C=O) groups excluding carboxylic acids is 1. The number of nitrogens with zero attached hydrogens (tertiary/aromatic N) is 2. The van der Waals surface area contributed by atoms with Crippen LogP contribution in [0.25, 0.3) is 0 Å². The van der Waals surface area contributed by atoms with Gasteiger partial charge >= 0.3 is 0 Å². The van der Waals surface area contributed by atoms with Crippen LogP contribution < -0.4 is 9.47 Å². The molecular formula is C19H22N2O4. The highest BCUT2D eigenvalue weighted by Gasteiger charge is 2.35. The quantitative estimate of drug-likeness (QED) is 0.897. The molecule has 1 amide bonds. The summed E-state index contributed by atoms with van der Waals surface area (Å²) in [6, 6.07) is 8.99. The first-order valence-corrected chi connectivity index (χ1v) is 8.20. The number of pyridine rings is 1. The fourth-order valence-electron chi connectivity index (χ4n) is 3.19. The van der Waals surface area contributed by atoms with E-state index in [1.807, 2.05) is 12.1 Å². The van der Waals surface area contributed by atoms with Crippen LogP contribution in [0.15, 0.2) is 42.7 Å². The largest absolute Gasteiger partial charge is 0.497 e. The van der Waals surface area contributed by atoms with E-state index in [0.29, 0.717) is 36.6 Å². The van der Waals surface area contributed by atoms with Crippen LogP contribution in [-0.2, 0) is 6.42 Å². The fourth-order valence-corrected chi connectivity index (χ4v) is 3.19. The van der Waals surface area contributed by atoms with Gasteiger partial charge in [0.15, 0.2) is 0 Å². The summed E-state index contributed by atoms with van der Waals surface area (Å²) in [5.41, 5.74) is 1.58. The summed E-state index contributed by atoms with van der Waals surface area (Å²) >= 11 is 0. The van der Waals surface area contributed by atoms with Crippen molar-refractivity contribution >= 4 is 5.91 Å². The molecule has 1 aliphatic heterocycles. The molecule has 1 saturated heterocycles. The molecule has 132 valence electrons. The van der Waals surface area contributed by atoms with Crippen LogP contribution in [0.1, 0.15) is 15.9 Å². The Labute approximate surface area is 147 Å². The number of aliphatic hydroxyl groups excluding tert-OH is 1. The molecule has 2 aromatic rings. The van der Waals surface area contributed by atoms with Crippen LogP contribution in [0.3, 0.4) is 0 Å². The molecule has 0 bridgehead atoms. The number of amides is 1. The Hall–Kier alpha value is -2.60. The Bertz CT molecular complexity index is 735. The predicted octanol–water partition coefficient (Wildman–Crippen LogP) is 1.77. The van der Waals surface area contributed by atoms with Crippen molar-refractivity contribution in [2.24, 2.45) is 5.92 Å². The Kier molecular flexibility index (Phi) is 5.19. The van der Waals surface area contributed by atoms with Gasteiger partial charge in [-0.2, -0.15) is 0 Å². The lowest BCUT2D eigenvalue weighted by Crippen LogP contribution is -2.30. The van der Waals surface area contributed by atoms with Crippen LogP contribution in [0, 0.1) is 5.92 Å². The topological polar surface area (TPSA) is 71.9 Å². The molecule has 1 N–H and O–H groups in total. The zero-order valence-electron chi connectivity index (χ0n) is 14.4. The minimum Gasteiger partial charge on any atom is -0.497 e. The van der Waals surface area contributed by atoms with Gasteiger partial charge < -0.3 is 19.5 Å². The second-order valence-electron chi connectivity index (χ2n) is 6.16. The number of β-amino-alcohol motifs (C(OH)–C–C–N with tert-alkyl or cyclic N) is 1. The van der Waals surface area contributed by atoms with E-state index in [2.05, 4.69) is 4.98 Å². The van der Waals surface area contributed by atoms with E-state index >= 15 is 0 Å². The van der Waals surface area contributed by atoms with Gasteiger partial charge in [-0.25, -0.2) is 0 Å². The molecule has 1 aliphatic rings. The van der Waals surface area contributed by atoms with Crippen molar-refractivity contribution in [2.75, 3.05) is 27.3 Å². The zero-order valence-corrected chi connectivity index (χ0v) is 14.4. The first kappa shape index (κ1) is 17.2. The molecule has 0 unspecified atom stereocenters. The van der Waals surface area contributed by atoms with Gasteiger partial charge in [0.25, 0.3) is 5.91 Å². The maximum Gasteiger partial charge on any atom is 0.257 e. The van der Waals surface area contributed by atoms with Crippen LogP contribution >= 0.6 is 0 Å². The number of hydrogen-bond donors (Lipinski definition) is 1. The zero-order chi connectivity index (χ0) is 17.8. The highest BCUT2D eigenvalue weighted by atomic mass is 16.5. The van der Waals surface area contributed by atoms with Crippen LogP contribution in [0.4, 0.5) is 0 Å². The van der Waals surface area contributed by atoms with Crippen molar-refractivity contribution in [3.63, 3.8) is 0 Å². The van der Waals surface area contributed by atoms with E-state index in [1.54, 1.807) is 42.6 Å². The summed E-state index contributed by atoms with van der Waals surface area (Å²) in [5.74, 6) is 0.966. The Balaban J connectivity index is 1.73. The number of aliphatic hydroxyl groups is 1. The normalized spacial score (nSPS) is 19.7. The van der Waals surface area contributed by atoms with E-state index in [1.165, 1.54) is 7.11 Å². The molecule has 0 radical (unpaired) electrons. The molecule has 2 atom stereocenters. The highest BCUT2D eigenvalue weighted by molar-refractivity contribution is 5.97. The van der Waals surface area contributed by atoms with Crippen LogP contribution in [0.5, 0.6) is 11.5 Å². The van der Waals surface area contributed by atoms with Gasteiger partial charge in [0.05, 0.1) is 25.9 Å². The van der Waals surface area contributed by atoms with E-state index in [4.69, 9.17) is 9.47 Å². The lowest BCUT2D eigenvalue weighted by molar-refractivity contribution is 0.0761. The van der Waals surface area contributed by atoms with E-state index < -0.39 is 6.10 Å². The summed E-state index contributed by atoms with van der Waals surface area (Å²) in [7, 11) is 3.09. The average molecular weight is 342 g/mol. The molecule has 6 heteroatoms. The molecular weight excluding hydrogens is 320 g/mol. The van der Waals surface area contributed by atoms with Crippen molar-refractivity contribution in [2.45, 2.75) is 12.5 Å². The fraction of sp³-hybridized carbons (Fsp3) is 0.368. The summed E-state index contributed by atoms with van der Waals surface area (Å²) in [6.45, 7) is 0.835. The van der Waals surface area contributed by atoms with Crippen molar-refractivity contribution < 1.29 is 19.4 Å². The van der Waals surface area contributed by atoms with Gasteiger partial charge in [-0.1, -0.05) is 0 Å². The van der Waals surface area contributed by atoms with Crippen molar-refractivity contribution in [1.29, 1.82) is 0 Å². The molecule has 0 aliphatic carbocycles. The van der Waals surface area contributed by atoms with Crippen molar-refractivity contribution in [1.82, 2.24) is 9.88 Å². The van der Waals surface area contributed by atoms with Gasteiger partial charge in [-0.15, -0.1) is 0 Å². The molecule has 0 spiro atoms. The van der Waals surface area contributed by atoms with Crippen molar-refractivity contribution in [3.05, 3.63) is 53.9 Å². The van der Waals surface area contributed by atoms with Gasteiger partial charge in [0, 0.05) is 37.5 Å². The monoisotopic (exact) mass is 342 g/mol. The standard InChI is InChI=1S/C19H22N2O4/c1-24-15-3-4-16(18(10-15)25-2)19(23)21-11-14(17(22)12-21)9-13-5-7-20-8-6-13/h3-8,10,14,17,22H,9,11-12H2,1-2H3/t14-,17+/m1/s1. The highest BCUT2D eigenvalue weighted by Crippen LogP contribution is 2.28. The summed E-state index contributed by atoms with van der Waals surface area (Å²) in [6.07, 6.45) is 3.65. The van der Waals surface area contributed by atoms with E-state index in [-0.39, 0.29) is 11.8 Å². The maximum absolute atomic E-state index is 12.9. The molecule has 2 heterocycles. The third-order valence-electron chi connectivity index (χ3n) is 4.58. The Morgan fingerprint density at radius 2 is 1.96 bits per heavy atom. The molecule has 1 aromatic heterocycles. The number of aromatic nitrogens is 1. The van der Waals surface area contributed by atoms with Crippen LogP contribution in [0.2, 0.25) is 0 Å². The first-order chi connectivity index (χ1) is 12.1. The number of hydrogen-bond acceptors (Lipinski definition) is 5. The van der Waals surface area contributed by atoms with Gasteiger partial charge in [-0.05, 0) is 36.2 Å². The second-order valence-corrected chi connectivity index (χ2v) is 6.16. The van der Waals surface area contributed by atoms with Crippen molar-refractivity contribution in [3.8, 4) is 11.5 Å². The lowest BCUT2D eigenvalue weighted by Gasteiger charge is -2.18. The molecule has 1 aromatic carbocycles. The van der Waals surface area contributed by atoms with E-state index in [9.17, 15) is 9.90 Å². The van der Waals surface area contributed by atoms with E-state index in [0.717, 1.165) is 5.56 Å². The van der Waals surface area contributed by atoms with Crippen LogP contribution in [-0.4, -0.2) is 54.3 Å². The molecule has 6 nitrogen and oxygen atoms in total. The number of methoxy groups -OCH3 is 2. The molecule has 0 saturated carbocycles. The molecule has 3 rings (SSSR count). The predicted molar refractivity (Wildman–Crippen MR) is 92.9 cm³/mol. The Morgan fingerprint density at radius 1 is 1.20 bits per heavy atom. The minimum absolute atomic E-state index is 0.00981. The third-order valence-corrected chi connectivity index (χ3v) is 4.58. The number of benzene rings is 1. The SMILES string of the molecule is COc1ccc(C(=O)N2C[C@@H](Cc3ccncc3)[C@@H](O)C2)c(OC)c1. The molecule has 1 fully saturated rings. The summed E-state index contributed by atoms with van der Waals surface area (Å²) in [4.78, 5) is 18.5. The first-order valence-electron chi connectivity index (χ1n) is 8.20. The minimum atomic E-state index is -0.540. The maximum atomic E-state index is 12.9. The lowest BCUT2D eigenvalue weighted by atomic mass is 9.97. The van der Waals surface area contributed by atoms with Gasteiger partial charge in [-0.3, -0.25) is 9.78 Å². The summed E-state index contributed by atoms with van der Waals surface area (Å²) < 4.78 is 10.5. The number of likely N-dealkylation sites (tertiary alicyclic amines) is 1. The second kappa shape index (κ2) is 7.53. The number of ether oxygens (including phenoxy) is 2.